The van der Waals surface area contributed by atoms with E-state index < -0.39 is 6.43 Å². The SMILES string of the molecule is CN=CC(=CN)c1cc2c(cc1C(F)F)N(c1ccc3c(c1)CN(C(=O)NC)CCN3)CCC2. The number of carbonyl (C=O) groups excluding carboxylic acids is 1. The van der Waals surface area contributed by atoms with Crippen LogP contribution in [0.4, 0.5) is 30.6 Å². The van der Waals surface area contributed by atoms with Gasteiger partial charge in [-0.2, -0.15) is 0 Å². The lowest BCUT2D eigenvalue weighted by molar-refractivity contribution is 0.151. The van der Waals surface area contributed by atoms with E-state index >= 15 is 0 Å². The van der Waals surface area contributed by atoms with Crippen molar-refractivity contribution in [1.82, 2.24) is 10.2 Å². The van der Waals surface area contributed by atoms with Gasteiger partial charge in [0.05, 0.1) is 0 Å². The quantitative estimate of drug-likeness (QED) is 0.585. The molecule has 0 spiro atoms. The van der Waals surface area contributed by atoms with Gasteiger partial charge in [-0.3, -0.25) is 4.99 Å². The molecule has 0 fully saturated rings. The number of nitrogens with zero attached hydrogens (tertiary/aromatic N) is 3. The van der Waals surface area contributed by atoms with E-state index in [9.17, 15) is 13.6 Å². The molecule has 180 valence electrons. The molecule has 0 aromatic heterocycles. The van der Waals surface area contributed by atoms with Crippen molar-refractivity contribution in [2.24, 2.45) is 10.7 Å². The summed E-state index contributed by atoms with van der Waals surface area (Å²) in [5, 5.41) is 6.06. The fourth-order valence-corrected chi connectivity index (χ4v) is 4.68. The zero-order valence-corrected chi connectivity index (χ0v) is 19.4. The first-order chi connectivity index (χ1) is 16.5. The maximum atomic E-state index is 14.1. The number of hydrogen-bond acceptors (Lipinski definition) is 5. The number of benzene rings is 2. The number of fused-ring (bicyclic) bond motifs is 2. The van der Waals surface area contributed by atoms with Crippen LogP contribution < -0.4 is 21.3 Å². The van der Waals surface area contributed by atoms with Crippen LogP contribution in [0.25, 0.3) is 5.57 Å². The fraction of sp³-hybridized carbons (Fsp3) is 0.360. The number of amides is 2. The Balaban J connectivity index is 1.76. The Morgan fingerprint density at radius 3 is 2.76 bits per heavy atom. The Kier molecular flexibility index (Phi) is 7.00. The normalized spacial score (nSPS) is 16.2. The second-order valence-electron chi connectivity index (χ2n) is 8.38. The van der Waals surface area contributed by atoms with Crippen molar-refractivity contribution in [2.75, 3.05) is 43.9 Å². The van der Waals surface area contributed by atoms with Crippen LogP contribution in [-0.2, 0) is 13.0 Å². The average Bonchev–Trinajstić information content (AvgIpc) is 3.07. The second-order valence-corrected chi connectivity index (χ2v) is 8.38. The third-order valence-corrected chi connectivity index (χ3v) is 6.32. The van der Waals surface area contributed by atoms with Gasteiger partial charge in [0.25, 0.3) is 6.43 Å². The minimum Gasteiger partial charge on any atom is -0.404 e. The van der Waals surface area contributed by atoms with Crippen molar-refractivity contribution in [3.05, 3.63) is 58.8 Å². The van der Waals surface area contributed by atoms with E-state index in [1.54, 1.807) is 25.1 Å². The lowest BCUT2D eigenvalue weighted by Gasteiger charge is -2.33. The van der Waals surface area contributed by atoms with Crippen molar-refractivity contribution in [3.63, 3.8) is 0 Å². The molecule has 9 heteroatoms. The Labute approximate surface area is 198 Å². The number of urea groups is 1. The summed E-state index contributed by atoms with van der Waals surface area (Å²) in [6.07, 6.45) is 1.86. The van der Waals surface area contributed by atoms with Crippen LogP contribution in [-0.4, -0.2) is 50.9 Å². The molecule has 4 N–H and O–H groups in total. The number of aliphatic imine (C=N–C) groups is 1. The van der Waals surface area contributed by atoms with Gasteiger partial charge in [-0.15, -0.1) is 0 Å². The molecule has 0 saturated carbocycles. The topological polar surface area (TPSA) is 86.0 Å². The predicted octanol–water partition coefficient (Wildman–Crippen LogP) is 4.28. The molecule has 2 aliphatic rings. The number of anilines is 3. The lowest BCUT2D eigenvalue weighted by atomic mass is 9.92. The number of hydrogen-bond donors (Lipinski definition) is 3. The van der Waals surface area contributed by atoms with E-state index in [1.807, 2.05) is 24.3 Å². The Hall–Kier alpha value is -3.62. The fourth-order valence-electron chi connectivity index (χ4n) is 4.68. The van der Waals surface area contributed by atoms with Gasteiger partial charge < -0.3 is 26.2 Å². The molecule has 2 amide bonds. The third-order valence-electron chi connectivity index (χ3n) is 6.32. The zero-order valence-electron chi connectivity index (χ0n) is 19.4. The van der Waals surface area contributed by atoms with Crippen LogP contribution in [0.5, 0.6) is 0 Å². The first kappa shape index (κ1) is 23.5. The van der Waals surface area contributed by atoms with Gasteiger partial charge in [0.15, 0.2) is 0 Å². The highest BCUT2D eigenvalue weighted by atomic mass is 19.3. The second kappa shape index (κ2) is 10.1. The number of aryl methyl sites for hydroxylation is 1. The van der Waals surface area contributed by atoms with Gasteiger partial charge in [-0.1, -0.05) is 0 Å². The first-order valence-electron chi connectivity index (χ1n) is 11.4. The highest BCUT2D eigenvalue weighted by Crippen LogP contribution is 2.40. The number of rotatable bonds is 4. The maximum Gasteiger partial charge on any atom is 0.317 e. The van der Waals surface area contributed by atoms with Crippen molar-refractivity contribution in [2.45, 2.75) is 25.8 Å². The van der Waals surface area contributed by atoms with Crippen molar-refractivity contribution in [1.29, 1.82) is 0 Å². The van der Waals surface area contributed by atoms with E-state index in [2.05, 4.69) is 20.5 Å². The molecule has 0 bridgehead atoms. The molecule has 0 saturated heterocycles. The van der Waals surface area contributed by atoms with Gasteiger partial charge in [0.1, 0.15) is 0 Å². The number of halogens is 2. The molecule has 0 atom stereocenters. The molecule has 2 aromatic rings. The van der Waals surface area contributed by atoms with E-state index in [0.29, 0.717) is 30.8 Å². The predicted molar refractivity (Wildman–Crippen MR) is 133 cm³/mol. The minimum atomic E-state index is -2.65. The van der Waals surface area contributed by atoms with Gasteiger partial charge in [0.2, 0.25) is 0 Å². The first-order valence-corrected chi connectivity index (χ1v) is 11.4. The Bertz CT molecular complexity index is 1130. The average molecular weight is 469 g/mol. The summed E-state index contributed by atoms with van der Waals surface area (Å²) in [6.45, 7) is 2.44. The molecule has 2 aromatic carbocycles. The summed E-state index contributed by atoms with van der Waals surface area (Å²) < 4.78 is 28.2. The van der Waals surface area contributed by atoms with E-state index in [1.165, 1.54) is 12.4 Å². The summed E-state index contributed by atoms with van der Waals surface area (Å²) in [5.41, 5.74) is 11.2. The molecular weight excluding hydrogens is 438 g/mol. The minimum absolute atomic E-state index is 0.0653. The highest BCUT2D eigenvalue weighted by Gasteiger charge is 2.26. The number of nitrogens with two attached hydrogens (primary N) is 1. The summed E-state index contributed by atoms with van der Waals surface area (Å²) >= 11 is 0. The lowest BCUT2D eigenvalue weighted by Crippen LogP contribution is -2.38. The van der Waals surface area contributed by atoms with Crippen molar-refractivity contribution < 1.29 is 13.6 Å². The van der Waals surface area contributed by atoms with Gasteiger partial charge in [-0.05, 0) is 59.9 Å². The molecule has 0 radical (unpaired) electrons. The number of nitrogens with one attached hydrogen (secondary N) is 2. The Morgan fingerprint density at radius 1 is 1.24 bits per heavy atom. The molecule has 7 nitrogen and oxygen atoms in total. The standard InChI is InChI=1S/C25H30F2N6O/c1-29-14-18(13-28)20-11-16-4-3-8-33(23(16)12-21(20)24(26)27)19-5-6-22-17(10-19)15-32(9-7-31-22)25(34)30-2/h5-6,10-14,24,31H,3-4,7-9,15,28H2,1-2H3,(H,30,34). The van der Waals surface area contributed by atoms with Crippen LogP contribution >= 0.6 is 0 Å². The van der Waals surface area contributed by atoms with Crippen molar-refractivity contribution >= 4 is 34.9 Å². The van der Waals surface area contributed by atoms with Gasteiger partial charge in [-0.25, -0.2) is 13.6 Å². The monoisotopic (exact) mass is 468 g/mol. The number of alkyl halides is 2. The molecule has 34 heavy (non-hydrogen) atoms. The maximum absolute atomic E-state index is 14.1. The molecule has 4 rings (SSSR count). The van der Waals surface area contributed by atoms with Crippen molar-refractivity contribution in [3.8, 4) is 0 Å². The van der Waals surface area contributed by atoms with Crippen LogP contribution in [0.3, 0.4) is 0 Å². The summed E-state index contributed by atoms with van der Waals surface area (Å²) in [7, 11) is 3.21. The summed E-state index contributed by atoms with van der Waals surface area (Å²) in [4.78, 5) is 20.0. The molecule has 0 aliphatic carbocycles. The number of carbonyl (C=O) groups is 1. The van der Waals surface area contributed by atoms with Crippen LogP contribution in [0.1, 0.15) is 35.1 Å². The van der Waals surface area contributed by atoms with Gasteiger partial charge in [0, 0.05) is 80.9 Å². The smallest absolute Gasteiger partial charge is 0.317 e. The van der Waals surface area contributed by atoms with Crippen LogP contribution in [0.15, 0.2) is 41.5 Å². The van der Waals surface area contributed by atoms with Crippen LogP contribution in [0.2, 0.25) is 0 Å². The zero-order chi connectivity index (χ0) is 24.2. The molecule has 2 aliphatic heterocycles. The van der Waals surface area contributed by atoms with E-state index in [0.717, 1.165) is 47.6 Å². The van der Waals surface area contributed by atoms with E-state index in [4.69, 9.17) is 5.73 Å². The van der Waals surface area contributed by atoms with Gasteiger partial charge >= 0.3 is 6.03 Å². The third kappa shape index (κ3) is 4.55. The van der Waals surface area contributed by atoms with E-state index in [-0.39, 0.29) is 11.6 Å². The summed E-state index contributed by atoms with van der Waals surface area (Å²) in [6, 6.07) is 9.33. The largest absolute Gasteiger partial charge is 0.404 e. The molecular formula is C25H30F2N6O. The Morgan fingerprint density at radius 2 is 2.06 bits per heavy atom. The molecule has 0 unspecified atom stereocenters. The van der Waals surface area contributed by atoms with Crippen LogP contribution in [0, 0.1) is 0 Å². The highest BCUT2D eigenvalue weighted by molar-refractivity contribution is 6.10. The molecule has 2 heterocycles. The summed E-state index contributed by atoms with van der Waals surface area (Å²) in [5.74, 6) is 0. The number of allylic oxidation sites excluding steroid dienone is 1.